The average molecular weight is 269 g/mol. The van der Waals surface area contributed by atoms with Crippen molar-refractivity contribution in [1.29, 1.82) is 0 Å². The van der Waals surface area contributed by atoms with Gasteiger partial charge in [-0.3, -0.25) is 0 Å². The molecule has 1 unspecified atom stereocenters. The number of aryl methyl sites for hydroxylation is 1. The zero-order chi connectivity index (χ0) is 13.3. The smallest absolute Gasteiger partial charge is 0.216 e. The number of aromatic nitrogens is 2. The molecule has 0 spiro atoms. The normalized spacial score (nSPS) is 19.5. The Balaban J connectivity index is 2.03. The fourth-order valence-corrected chi connectivity index (χ4v) is 3.71. The summed E-state index contributed by atoms with van der Waals surface area (Å²) in [6.45, 7) is 6.59. The van der Waals surface area contributed by atoms with Crippen LogP contribution in [0.4, 0.5) is 0 Å². The first kappa shape index (κ1) is 13.4. The van der Waals surface area contributed by atoms with Crippen LogP contribution in [-0.4, -0.2) is 41.0 Å². The zero-order valence-corrected chi connectivity index (χ0v) is 11.8. The van der Waals surface area contributed by atoms with E-state index in [4.69, 9.17) is 0 Å². The van der Waals surface area contributed by atoms with Crippen molar-refractivity contribution in [3.05, 3.63) is 23.8 Å². The molecule has 0 aliphatic carbocycles. The van der Waals surface area contributed by atoms with Crippen molar-refractivity contribution in [1.82, 2.24) is 14.3 Å². The van der Waals surface area contributed by atoms with E-state index in [-0.39, 0.29) is 11.2 Å². The molecule has 0 amide bonds. The summed E-state index contributed by atoms with van der Waals surface area (Å²) in [4.78, 5) is 8.39. The van der Waals surface area contributed by atoms with Crippen LogP contribution in [0.15, 0.2) is 12.3 Å². The molecule has 2 heterocycles. The second-order valence-electron chi connectivity index (χ2n) is 4.81. The summed E-state index contributed by atoms with van der Waals surface area (Å²) in [6, 6.07) is 1.87. The Bertz CT molecular complexity index is 524. The van der Waals surface area contributed by atoms with E-state index in [1.54, 1.807) is 17.4 Å². The SMILES string of the molecule is CCC(C)S(=O)(=O)N1CC(c2ccnc(C)n2)C1. The lowest BCUT2D eigenvalue weighted by Gasteiger charge is -2.39. The minimum Gasteiger partial charge on any atom is -0.242 e. The monoisotopic (exact) mass is 269 g/mol. The fourth-order valence-electron chi connectivity index (χ4n) is 2.00. The van der Waals surface area contributed by atoms with Crippen molar-refractivity contribution in [3.63, 3.8) is 0 Å². The Hall–Kier alpha value is -1.01. The molecule has 18 heavy (non-hydrogen) atoms. The van der Waals surface area contributed by atoms with Gasteiger partial charge in [-0.15, -0.1) is 0 Å². The van der Waals surface area contributed by atoms with E-state index in [1.165, 1.54) is 0 Å². The van der Waals surface area contributed by atoms with E-state index < -0.39 is 10.0 Å². The van der Waals surface area contributed by atoms with E-state index in [0.717, 1.165) is 11.5 Å². The molecule has 1 aromatic heterocycles. The number of hydrogen-bond donors (Lipinski definition) is 0. The van der Waals surface area contributed by atoms with E-state index in [0.29, 0.717) is 19.5 Å². The van der Waals surface area contributed by atoms with Gasteiger partial charge in [-0.2, -0.15) is 0 Å². The molecule has 1 aliphatic heterocycles. The third-order valence-electron chi connectivity index (χ3n) is 3.51. The molecule has 1 fully saturated rings. The van der Waals surface area contributed by atoms with Crippen LogP contribution in [0, 0.1) is 6.92 Å². The standard InChI is InChI=1S/C12H19N3O2S/c1-4-9(2)18(16,17)15-7-11(8-15)12-5-6-13-10(3)14-12/h5-6,9,11H,4,7-8H2,1-3H3. The highest BCUT2D eigenvalue weighted by Crippen LogP contribution is 2.29. The van der Waals surface area contributed by atoms with Crippen LogP contribution < -0.4 is 0 Å². The molecular formula is C12H19N3O2S. The van der Waals surface area contributed by atoms with Crippen molar-refractivity contribution >= 4 is 10.0 Å². The molecular weight excluding hydrogens is 250 g/mol. The average Bonchev–Trinajstić information content (AvgIpc) is 2.25. The Kier molecular flexibility index (Phi) is 3.68. The third kappa shape index (κ3) is 2.40. The van der Waals surface area contributed by atoms with E-state index in [9.17, 15) is 8.42 Å². The van der Waals surface area contributed by atoms with Gasteiger partial charge in [0.15, 0.2) is 0 Å². The maximum atomic E-state index is 12.1. The summed E-state index contributed by atoms with van der Waals surface area (Å²) in [5.41, 5.74) is 0.943. The van der Waals surface area contributed by atoms with Gasteiger partial charge in [-0.05, 0) is 26.3 Å². The predicted octanol–water partition coefficient (Wildman–Crippen LogP) is 1.31. The first-order chi connectivity index (χ1) is 8.45. The van der Waals surface area contributed by atoms with Crippen LogP contribution in [0.25, 0.3) is 0 Å². The molecule has 1 atom stereocenters. The van der Waals surface area contributed by atoms with Gasteiger partial charge in [-0.1, -0.05) is 6.92 Å². The van der Waals surface area contributed by atoms with Crippen molar-refractivity contribution in [3.8, 4) is 0 Å². The maximum absolute atomic E-state index is 12.1. The van der Waals surface area contributed by atoms with Crippen LogP contribution in [0.2, 0.25) is 0 Å². The van der Waals surface area contributed by atoms with Crippen molar-refractivity contribution in [2.24, 2.45) is 0 Å². The van der Waals surface area contributed by atoms with Gasteiger partial charge in [0.2, 0.25) is 10.0 Å². The topological polar surface area (TPSA) is 63.2 Å². The highest BCUT2D eigenvalue weighted by molar-refractivity contribution is 7.89. The number of sulfonamides is 1. The minimum atomic E-state index is -3.11. The van der Waals surface area contributed by atoms with Crippen molar-refractivity contribution in [2.75, 3.05) is 13.1 Å². The van der Waals surface area contributed by atoms with Gasteiger partial charge in [0.1, 0.15) is 5.82 Å². The van der Waals surface area contributed by atoms with Crippen LogP contribution in [0.1, 0.15) is 37.7 Å². The summed E-state index contributed by atoms with van der Waals surface area (Å²) in [6.07, 6.45) is 2.37. The largest absolute Gasteiger partial charge is 0.242 e. The Morgan fingerprint density at radius 1 is 1.50 bits per heavy atom. The first-order valence-electron chi connectivity index (χ1n) is 6.23. The van der Waals surface area contributed by atoms with Gasteiger partial charge in [0, 0.05) is 30.9 Å². The summed E-state index contributed by atoms with van der Waals surface area (Å²) < 4.78 is 25.7. The van der Waals surface area contributed by atoms with Crippen LogP contribution in [0.5, 0.6) is 0 Å². The van der Waals surface area contributed by atoms with Crippen LogP contribution in [-0.2, 0) is 10.0 Å². The molecule has 0 bridgehead atoms. The van der Waals surface area contributed by atoms with Gasteiger partial charge < -0.3 is 0 Å². The van der Waals surface area contributed by atoms with E-state index in [2.05, 4.69) is 9.97 Å². The number of hydrogen-bond acceptors (Lipinski definition) is 4. The lowest BCUT2D eigenvalue weighted by molar-refractivity contribution is 0.257. The summed E-state index contributed by atoms with van der Waals surface area (Å²) in [7, 11) is -3.11. The Morgan fingerprint density at radius 2 is 2.17 bits per heavy atom. The van der Waals surface area contributed by atoms with Gasteiger partial charge in [-0.25, -0.2) is 22.7 Å². The van der Waals surface area contributed by atoms with Gasteiger partial charge >= 0.3 is 0 Å². The molecule has 6 heteroatoms. The quantitative estimate of drug-likeness (QED) is 0.827. The highest BCUT2D eigenvalue weighted by Gasteiger charge is 2.39. The minimum absolute atomic E-state index is 0.213. The predicted molar refractivity (Wildman–Crippen MR) is 69.8 cm³/mol. The molecule has 0 saturated carbocycles. The highest BCUT2D eigenvalue weighted by atomic mass is 32.2. The molecule has 1 aliphatic rings. The molecule has 0 N–H and O–H groups in total. The van der Waals surface area contributed by atoms with Crippen LogP contribution >= 0.6 is 0 Å². The fraction of sp³-hybridized carbons (Fsp3) is 0.667. The maximum Gasteiger partial charge on any atom is 0.216 e. The molecule has 100 valence electrons. The summed E-state index contributed by atoms with van der Waals surface area (Å²) in [5, 5.41) is -0.300. The lowest BCUT2D eigenvalue weighted by atomic mass is 9.99. The summed E-state index contributed by atoms with van der Waals surface area (Å²) in [5.74, 6) is 0.946. The zero-order valence-electron chi connectivity index (χ0n) is 11.0. The molecule has 0 aromatic carbocycles. The van der Waals surface area contributed by atoms with Crippen molar-refractivity contribution < 1.29 is 8.42 Å². The molecule has 2 rings (SSSR count). The van der Waals surface area contributed by atoms with Crippen LogP contribution in [0.3, 0.4) is 0 Å². The van der Waals surface area contributed by atoms with Gasteiger partial charge in [0.25, 0.3) is 0 Å². The molecule has 5 nitrogen and oxygen atoms in total. The molecule has 1 aromatic rings. The Labute approximate surface area is 108 Å². The van der Waals surface area contributed by atoms with E-state index >= 15 is 0 Å². The first-order valence-corrected chi connectivity index (χ1v) is 7.74. The second kappa shape index (κ2) is 4.93. The van der Waals surface area contributed by atoms with Crippen molar-refractivity contribution in [2.45, 2.75) is 38.4 Å². The summed E-state index contributed by atoms with van der Waals surface area (Å²) >= 11 is 0. The Morgan fingerprint density at radius 3 is 2.72 bits per heavy atom. The third-order valence-corrected chi connectivity index (χ3v) is 5.88. The number of rotatable bonds is 4. The molecule has 1 saturated heterocycles. The molecule has 0 radical (unpaired) electrons. The van der Waals surface area contributed by atoms with E-state index in [1.807, 2.05) is 19.9 Å². The van der Waals surface area contributed by atoms with Gasteiger partial charge in [0.05, 0.1) is 5.25 Å². The number of nitrogens with zero attached hydrogens (tertiary/aromatic N) is 3. The second-order valence-corrected chi connectivity index (χ2v) is 7.16. The lowest BCUT2D eigenvalue weighted by Crippen LogP contribution is -2.51.